The Morgan fingerprint density at radius 2 is 1.06 bits per heavy atom. The van der Waals surface area contributed by atoms with Crippen LogP contribution in [0.25, 0.3) is 0 Å². The van der Waals surface area contributed by atoms with Crippen LogP contribution in [-0.4, -0.2) is 52.8 Å². The largest absolute Gasteiger partial charge is 0.396 e. The van der Waals surface area contributed by atoms with Crippen LogP contribution in [0.1, 0.15) is 105 Å². The van der Waals surface area contributed by atoms with Gasteiger partial charge in [-0.25, -0.2) is 0 Å². The highest BCUT2D eigenvalue weighted by molar-refractivity contribution is 7.87. The van der Waals surface area contributed by atoms with Crippen LogP contribution in [0.5, 0.6) is 0 Å². The molecule has 0 aromatic rings. The Bertz CT molecular complexity index is 590. The molecule has 2 fully saturated rings. The third kappa shape index (κ3) is 8.96. The second kappa shape index (κ2) is 13.2. The fourth-order valence-electron chi connectivity index (χ4n) is 4.88. The summed E-state index contributed by atoms with van der Waals surface area (Å²) in [6.07, 6.45) is 16.7. The van der Waals surface area contributed by atoms with E-state index in [1.165, 1.54) is 0 Å². The zero-order valence-electron chi connectivity index (χ0n) is 20.9. The molecule has 2 N–H and O–H groups in total. The third-order valence-corrected chi connectivity index (χ3v) is 11.7. The van der Waals surface area contributed by atoms with Gasteiger partial charge in [0.15, 0.2) is 0 Å². The number of hydrogen-bond acceptors (Lipinski definition) is 4. The minimum Gasteiger partial charge on any atom is -0.396 e. The first kappa shape index (κ1) is 28.2. The molecule has 0 aliphatic carbocycles. The summed E-state index contributed by atoms with van der Waals surface area (Å²) in [5.74, 6) is 0. The first-order valence-corrected chi connectivity index (χ1v) is 15.3. The highest BCUT2D eigenvalue weighted by Gasteiger charge is 2.33. The van der Waals surface area contributed by atoms with Gasteiger partial charge in [0, 0.05) is 45.3 Å². The highest BCUT2D eigenvalue weighted by atomic mass is 32.2. The molecule has 4 nitrogen and oxygen atoms in total. The molecule has 0 bridgehead atoms. The fourth-order valence-corrected chi connectivity index (χ4v) is 8.64. The maximum absolute atomic E-state index is 12.9. The molecule has 2 aliphatic rings. The summed E-state index contributed by atoms with van der Waals surface area (Å²) < 4.78 is 25.8. The van der Waals surface area contributed by atoms with E-state index < -0.39 is 21.6 Å². The average molecular weight is 489 g/mol. The van der Waals surface area contributed by atoms with Gasteiger partial charge in [-0.15, -0.1) is 0 Å². The second-order valence-corrected chi connectivity index (χ2v) is 15.5. The second-order valence-electron chi connectivity index (χ2n) is 11.7. The topological polar surface area (TPSA) is 74.6 Å². The van der Waals surface area contributed by atoms with Crippen molar-refractivity contribution in [2.24, 2.45) is 10.8 Å². The average Bonchev–Trinajstić information content (AvgIpc) is 3.29. The monoisotopic (exact) mass is 488 g/mol. The van der Waals surface area contributed by atoms with Crippen molar-refractivity contribution in [3.05, 3.63) is 12.2 Å². The van der Waals surface area contributed by atoms with E-state index in [1.807, 2.05) is 0 Å². The van der Waals surface area contributed by atoms with Crippen molar-refractivity contribution in [3.8, 4) is 0 Å². The molecule has 0 radical (unpaired) electrons. The first-order valence-electron chi connectivity index (χ1n) is 12.8. The van der Waals surface area contributed by atoms with E-state index in [0.29, 0.717) is 10.5 Å². The van der Waals surface area contributed by atoms with Crippen LogP contribution < -0.4 is 0 Å². The van der Waals surface area contributed by atoms with Gasteiger partial charge in [0.05, 0.1) is 10.5 Å². The van der Waals surface area contributed by atoms with Crippen LogP contribution in [0.4, 0.5) is 0 Å². The van der Waals surface area contributed by atoms with Crippen LogP contribution in [-0.2, 0) is 21.6 Å². The minimum absolute atomic E-state index is 0.00902. The molecule has 2 heterocycles. The van der Waals surface area contributed by atoms with Gasteiger partial charge in [0.2, 0.25) is 0 Å². The maximum atomic E-state index is 12.9. The van der Waals surface area contributed by atoms with Gasteiger partial charge in [0.1, 0.15) is 0 Å². The summed E-state index contributed by atoms with van der Waals surface area (Å²) in [6.45, 7) is 8.82. The van der Waals surface area contributed by atoms with Gasteiger partial charge in [-0.1, -0.05) is 65.5 Å². The first-order chi connectivity index (χ1) is 15.1. The summed E-state index contributed by atoms with van der Waals surface area (Å²) in [5.41, 5.74) is -0.0180. The summed E-state index contributed by atoms with van der Waals surface area (Å²) in [5, 5.41) is 19.6. The molecule has 2 rings (SSSR count). The maximum Gasteiger partial charge on any atom is 0.0531 e. The van der Waals surface area contributed by atoms with Crippen LogP contribution in [0.2, 0.25) is 0 Å². The van der Waals surface area contributed by atoms with Crippen LogP contribution in [0.3, 0.4) is 0 Å². The van der Waals surface area contributed by atoms with Gasteiger partial charge in [-0.05, 0) is 62.2 Å². The van der Waals surface area contributed by atoms with Crippen LogP contribution in [0.15, 0.2) is 12.2 Å². The summed E-state index contributed by atoms with van der Waals surface area (Å²) in [4.78, 5) is 0. The Morgan fingerprint density at radius 1 is 0.688 bits per heavy atom. The normalized spacial score (nSPS) is 31.7. The Kier molecular flexibility index (Phi) is 11.6. The van der Waals surface area contributed by atoms with Gasteiger partial charge in [0.25, 0.3) is 0 Å². The molecule has 188 valence electrons. The molecule has 2 aliphatic heterocycles. The molecule has 6 heteroatoms. The van der Waals surface area contributed by atoms with Crippen LogP contribution >= 0.6 is 0 Å². The SMILES string of the molecule is CC(C)(CO)CCCCC1CCC(/C=C\C2CCC(CCCCC(C)(C)CO)S2=O)S1=O. The Balaban J connectivity index is 1.70. The van der Waals surface area contributed by atoms with Crippen molar-refractivity contribution in [2.75, 3.05) is 13.2 Å². The van der Waals surface area contributed by atoms with E-state index in [9.17, 15) is 18.6 Å². The highest BCUT2D eigenvalue weighted by Crippen LogP contribution is 2.33. The molecule has 6 unspecified atom stereocenters. The molecule has 2 saturated heterocycles. The van der Waals surface area contributed by atoms with E-state index in [0.717, 1.165) is 77.0 Å². The lowest BCUT2D eigenvalue weighted by Gasteiger charge is -2.21. The van der Waals surface area contributed by atoms with Gasteiger partial charge in [-0.2, -0.15) is 0 Å². The number of rotatable bonds is 14. The number of aliphatic hydroxyl groups excluding tert-OH is 2. The molecule has 6 atom stereocenters. The Hall–Kier alpha value is -0.0400. The van der Waals surface area contributed by atoms with Gasteiger partial charge < -0.3 is 10.2 Å². The van der Waals surface area contributed by atoms with Gasteiger partial charge in [-0.3, -0.25) is 8.42 Å². The number of unbranched alkanes of at least 4 members (excludes halogenated alkanes) is 2. The molecular weight excluding hydrogens is 440 g/mol. The smallest absolute Gasteiger partial charge is 0.0531 e. The molecule has 0 spiro atoms. The summed E-state index contributed by atoms with van der Waals surface area (Å²) in [7, 11) is -1.63. The molecule has 0 amide bonds. The van der Waals surface area contributed by atoms with Crippen molar-refractivity contribution in [1.82, 2.24) is 0 Å². The predicted octanol–water partition coefficient (Wildman–Crippen LogP) is 5.26. The fraction of sp³-hybridized carbons (Fsp3) is 0.923. The molecule has 0 aromatic heterocycles. The van der Waals surface area contributed by atoms with Crippen molar-refractivity contribution in [2.45, 2.75) is 126 Å². The zero-order chi connectivity index (χ0) is 23.8. The molecule has 32 heavy (non-hydrogen) atoms. The Labute approximate surface area is 201 Å². The van der Waals surface area contributed by atoms with Crippen molar-refractivity contribution in [1.29, 1.82) is 0 Å². The summed E-state index contributed by atoms with van der Waals surface area (Å²) >= 11 is 0. The van der Waals surface area contributed by atoms with Crippen molar-refractivity contribution in [3.63, 3.8) is 0 Å². The Morgan fingerprint density at radius 3 is 1.41 bits per heavy atom. The predicted molar refractivity (Wildman–Crippen MR) is 138 cm³/mol. The number of aliphatic hydroxyl groups is 2. The molecular formula is C26H48O4S2. The van der Waals surface area contributed by atoms with E-state index in [2.05, 4.69) is 39.8 Å². The van der Waals surface area contributed by atoms with Crippen LogP contribution in [0, 0.1) is 10.8 Å². The third-order valence-electron chi connectivity index (χ3n) is 7.46. The summed E-state index contributed by atoms with van der Waals surface area (Å²) in [6, 6.07) is 0. The van der Waals surface area contributed by atoms with E-state index in [4.69, 9.17) is 0 Å². The quantitative estimate of drug-likeness (QED) is 0.258. The molecule has 0 aromatic carbocycles. The lowest BCUT2D eigenvalue weighted by atomic mass is 9.88. The number of hydrogen-bond donors (Lipinski definition) is 2. The zero-order valence-corrected chi connectivity index (χ0v) is 22.5. The van der Waals surface area contributed by atoms with E-state index in [1.54, 1.807) is 0 Å². The van der Waals surface area contributed by atoms with E-state index >= 15 is 0 Å². The molecule has 0 saturated carbocycles. The van der Waals surface area contributed by atoms with Crippen molar-refractivity contribution < 1.29 is 18.6 Å². The van der Waals surface area contributed by atoms with Gasteiger partial charge >= 0.3 is 0 Å². The van der Waals surface area contributed by atoms with Crippen molar-refractivity contribution >= 4 is 21.6 Å². The van der Waals surface area contributed by atoms with E-state index in [-0.39, 0.29) is 34.5 Å². The lowest BCUT2D eigenvalue weighted by Crippen LogP contribution is -2.18. The standard InChI is InChI=1S/C26H48O4S2/c1-25(2,19-27)17-7-5-9-21-11-13-23(31(21)29)15-16-24-14-12-22(32(24)30)10-6-8-18-26(3,4)20-28/h15-16,21-24,27-28H,5-14,17-20H2,1-4H3/b16-15-. The lowest BCUT2D eigenvalue weighted by molar-refractivity contribution is 0.147. The minimum atomic E-state index is -0.816.